The molecule has 34 heavy (non-hydrogen) atoms. The summed E-state index contributed by atoms with van der Waals surface area (Å²) in [4.78, 5) is 28.4. The minimum Gasteiger partial charge on any atom is -0.355 e. The Labute approximate surface area is 198 Å². The van der Waals surface area contributed by atoms with Crippen LogP contribution in [0.5, 0.6) is 0 Å². The topological polar surface area (TPSA) is 88.0 Å². The molecule has 0 unspecified atom stereocenters. The highest BCUT2D eigenvalue weighted by Gasteiger charge is 2.43. The zero-order chi connectivity index (χ0) is 23.1. The maximum atomic E-state index is 13.0. The van der Waals surface area contributed by atoms with E-state index in [2.05, 4.69) is 42.6 Å². The summed E-state index contributed by atoms with van der Waals surface area (Å²) in [6.07, 6.45) is 9.55. The van der Waals surface area contributed by atoms with Crippen molar-refractivity contribution in [3.05, 3.63) is 66.9 Å². The van der Waals surface area contributed by atoms with Crippen LogP contribution in [0.15, 0.2) is 61.3 Å². The summed E-state index contributed by atoms with van der Waals surface area (Å²) in [6, 6.07) is 11.7. The molecule has 3 aromatic heterocycles. The first-order valence-corrected chi connectivity index (χ1v) is 11.7. The Morgan fingerprint density at radius 2 is 1.88 bits per heavy atom. The van der Waals surface area contributed by atoms with Crippen LogP contribution >= 0.6 is 0 Å². The van der Waals surface area contributed by atoms with Crippen molar-refractivity contribution in [2.24, 2.45) is 12.5 Å². The Balaban J connectivity index is 1.19. The Kier molecular flexibility index (Phi) is 5.03. The third-order valence-corrected chi connectivity index (χ3v) is 7.12. The van der Waals surface area contributed by atoms with Crippen LogP contribution in [0.3, 0.4) is 0 Å². The molecule has 2 aliphatic heterocycles. The number of anilines is 2. The first kappa shape index (κ1) is 20.8. The summed E-state index contributed by atoms with van der Waals surface area (Å²) in [6.45, 7) is 4.20. The highest BCUT2D eigenvalue weighted by molar-refractivity contribution is 6.05. The highest BCUT2D eigenvalue weighted by Crippen LogP contribution is 2.40. The molecule has 2 fully saturated rings. The largest absolute Gasteiger partial charge is 0.355 e. The maximum absolute atomic E-state index is 13.0. The lowest BCUT2D eigenvalue weighted by Gasteiger charge is -2.53. The summed E-state index contributed by atoms with van der Waals surface area (Å²) in [5.74, 6) is 1.20. The van der Waals surface area contributed by atoms with Crippen molar-refractivity contribution in [3.8, 4) is 11.3 Å². The summed E-state index contributed by atoms with van der Waals surface area (Å²) in [7, 11) is 1.97. The zero-order valence-electron chi connectivity index (χ0n) is 19.2. The van der Waals surface area contributed by atoms with E-state index in [1.165, 1.54) is 12.8 Å². The number of hydrogen-bond donors (Lipinski definition) is 2. The molecule has 6 rings (SSSR count). The predicted molar refractivity (Wildman–Crippen MR) is 133 cm³/mol. The van der Waals surface area contributed by atoms with Crippen molar-refractivity contribution >= 4 is 28.3 Å². The van der Waals surface area contributed by atoms with Crippen LogP contribution in [0, 0.1) is 5.41 Å². The van der Waals surface area contributed by atoms with Crippen LogP contribution in [0.25, 0.3) is 22.0 Å². The van der Waals surface area contributed by atoms with E-state index in [1.807, 2.05) is 36.0 Å². The lowest BCUT2D eigenvalue weighted by molar-refractivity contribution is 0.102. The van der Waals surface area contributed by atoms with Crippen LogP contribution < -0.4 is 15.5 Å². The predicted octanol–water partition coefficient (Wildman–Crippen LogP) is 3.47. The molecule has 2 aliphatic rings. The molecule has 0 bridgehead atoms. The van der Waals surface area contributed by atoms with E-state index in [0.29, 0.717) is 16.8 Å². The number of rotatable bonds is 4. The van der Waals surface area contributed by atoms with Gasteiger partial charge in [0.2, 0.25) is 0 Å². The number of benzene rings is 1. The molecule has 1 spiro atoms. The fourth-order valence-corrected chi connectivity index (χ4v) is 5.12. The van der Waals surface area contributed by atoms with Crippen molar-refractivity contribution < 1.29 is 4.79 Å². The van der Waals surface area contributed by atoms with Crippen LogP contribution in [0.4, 0.5) is 11.6 Å². The number of aryl methyl sites for hydroxylation is 1. The van der Waals surface area contributed by atoms with Gasteiger partial charge in [0.25, 0.3) is 5.91 Å². The third kappa shape index (κ3) is 3.80. The van der Waals surface area contributed by atoms with Crippen LogP contribution in [-0.4, -0.2) is 51.6 Å². The van der Waals surface area contributed by atoms with Crippen molar-refractivity contribution in [1.29, 1.82) is 0 Å². The molecule has 8 nitrogen and oxygen atoms in total. The van der Waals surface area contributed by atoms with Gasteiger partial charge >= 0.3 is 0 Å². The maximum Gasteiger partial charge on any atom is 0.257 e. The molecule has 0 aliphatic carbocycles. The van der Waals surface area contributed by atoms with Crippen molar-refractivity contribution in [2.45, 2.75) is 12.8 Å². The summed E-state index contributed by atoms with van der Waals surface area (Å²) >= 11 is 0. The number of imidazole rings is 1. The Bertz CT molecular complexity index is 1360. The average molecular weight is 454 g/mol. The number of piperidine rings is 1. The monoisotopic (exact) mass is 453 g/mol. The normalized spacial score (nSPS) is 17.0. The van der Waals surface area contributed by atoms with E-state index in [0.717, 1.165) is 54.0 Å². The average Bonchev–Trinajstić information content (AvgIpc) is 3.28. The molecule has 2 saturated heterocycles. The zero-order valence-corrected chi connectivity index (χ0v) is 19.2. The Hall–Kier alpha value is -3.78. The Morgan fingerprint density at radius 3 is 2.68 bits per heavy atom. The van der Waals surface area contributed by atoms with Gasteiger partial charge in [0.15, 0.2) is 0 Å². The van der Waals surface area contributed by atoms with Crippen LogP contribution in [-0.2, 0) is 7.05 Å². The standard InChI is InChI=1S/C26H27N7O/c1-32-17-28-14-22(32)18-2-3-20-13-30-23(11-21(20)10-18)31-25(34)19-4-7-29-24(12-19)33-15-26(16-33)5-8-27-9-6-26/h2-4,7,10-14,17,27H,5-6,8-9,15-16H2,1H3,(H,30,31,34). The van der Waals surface area contributed by atoms with Gasteiger partial charge in [0, 0.05) is 54.5 Å². The number of nitrogens with one attached hydrogen (secondary N) is 2. The lowest BCUT2D eigenvalue weighted by atomic mass is 9.72. The van der Waals surface area contributed by atoms with E-state index in [4.69, 9.17) is 0 Å². The van der Waals surface area contributed by atoms with Gasteiger partial charge < -0.3 is 20.1 Å². The third-order valence-electron chi connectivity index (χ3n) is 7.12. The van der Waals surface area contributed by atoms with Crippen LogP contribution in [0.1, 0.15) is 23.2 Å². The number of amides is 1. The SMILES string of the molecule is Cn1cncc1-c1ccc2cnc(NC(=O)c3ccnc(N4CC5(CCNCC5)C4)c3)cc2c1. The minimum atomic E-state index is -0.185. The number of carbonyl (C=O) groups is 1. The van der Waals surface area contributed by atoms with E-state index < -0.39 is 0 Å². The van der Waals surface area contributed by atoms with E-state index in [1.54, 1.807) is 24.8 Å². The van der Waals surface area contributed by atoms with Gasteiger partial charge in [0.1, 0.15) is 11.6 Å². The summed E-state index contributed by atoms with van der Waals surface area (Å²) in [5, 5.41) is 8.41. The van der Waals surface area contributed by atoms with Gasteiger partial charge in [-0.05, 0) is 55.6 Å². The van der Waals surface area contributed by atoms with Crippen molar-refractivity contribution in [3.63, 3.8) is 0 Å². The van der Waals surface area contributed by atoms with Gasteiger partial charge in [-0.2, -0.15) is 0 Å². The number of nitrogens with zero attached hydrogens (tertiary/aromatic N) is 5. The number of fused-ring (bicyclic) bond motifs is 1. The van der Waals surface area contributed by atoms with Crippen molar-refractivity contribution in [1.82, 2.24) is 24.8 Å². The molecule has 5 heterocycles. The molecule has 0 saturated carbocycles. The fraction of sp³-hybridized carbons (Fsp3) is 0.308. The lowest BCUT2D eigenvalue weighted by Crippen LogP contribution is -2.60. The fourth-order valence-electron chi connectivity index (χ4n) is 5.12. The second kappa shape index (κ2) is 8.22. The first-order chi connectivity index (χ1) is 16.6. The first-order valence-electron chi connectivity index (χ1n) is 11.7. The molecular weight excluding hydrogens is 426 g/mol. The summed E-state index contributed by atoms with van der Waals surface area (Å²) in [5.41, 5.74) is 3.10. The van der Waals surface area contributed by atoms with Gasteiger partial charge in [0.05, 0.1) is 18.2 Å². The number of carbonyl (C=O) groups excluding carboxylic acids is 1. The molecule has 0 atom stereocenters. The van der Waals surface area contributed by atoms with Crippen molar-refractivity contribution in [2.75, 3.05) is 36.4 Å². The second-order valence-electron chi connectivity index (χ2n) is 9.48. The van der Waals surface area contributed by atoms with Crippen LogP contribution in [0.2, 0.25) is 0 Å². The molecule has 172 valence electrons. The highest BCUT2D eigenvalue weighted by atomic mass is 16.1. The van der Waals surface area contributed by atoms with Gasteiger partial charge in [-0.25, -0.2) is 15.0 Å². The number of pyridine rings is 2. The molecule has 2 N–H and O–H groups in total. The second-order valence-corrected chi connectivity index (χ2v) is 9.48. The van der Waals surface area contributed by atoms with Gasteiger partial charge in [-0.15, -0.1) is 0 Å². The molecular formula is C26H27N7O. The molecule has 1 amide bonds. The molecule has 8 heteroatoms. The van der Waals surface area contributed by atoms with Gasteiger partial charge in [-0.1, -0.05) is 12.1 Å². The van der Waals surface area contributed by atoms with E-state index in [-0.39, 0.29) is 5.91 Å². The molecule has 0 radical (unpaired) electrons. The molecule has 4 aromatic rings. The number of aromatic nitrogens is 4. The number of hydrogen-bond acceptors (Lipinski definition) is 6. The van der Waals surface area contributed by atoms with E-state index in [9.17, 15) is 4.79 Å². The van der Waals surface area contributed by atoms with E-state index >= 15 is 0 Å². The quantitative estimate of drug-likeness (QED) is 0.492. The smallest absolute Gasteiger partial charge is 0.257 e. The summed E-state index contributed by atoms with van der Waals surface area (Å²) < 4.78 is 1.98. The minimum absolute atomic E-state index is 0.185. The Morgan fingerprint density at radius 1 is 1.03 bits per heavy atom. The van der Waals surface area contributed by atoms with Gasteiger partial charge in [-0.3, -0.25) is 4.79 Å². The molecule has 1 aromatic carbocycles.